The third-order valence-electron chi connectivity index (χ3n) is 11.7. The predicted molar refractivity (Wildman–Crippen MR) is 213 cm³/mol. The molecule has 52 heavy (non-hydrogen) atoms. The molecule has 3 heteroatoms. The van der Waals surface area contributed by atoms with Gasteiger partial charge in [0.2, 0.25) is 0 Å². The van der Waals surface area contributed by atoms with Gasteiger partial charge in [-0.25, -0.2) is 0 Å². The number of dihydropyridines is 2. The quantitative estimate of drug-likeness (QED) is 0.191. The molecule has 3 nitrogen and oxygen atoms in total. The standard InChI is InChI=1S/C49H39N3/c1-48(36-16-5-2-6-17-36)39-28-26-34(43-24-11-13-30-50-43)32-45(39)52-46-33-35(44-25-12-14-31-51-44)27-29-40(46)49(37-18-7-3-8-19-37,38-20-9-4-10-21-38)42-23-15-22-41(48)47(42)52/h2-33,43-44,50-51H,1H3. The van der Waals surface area contributed by atoms with Gasteiger partial charge in [-0.2, -0.15) is 0 Å². The maximum Gasteiger partial charge on any atom is 0.0742 e. The lowest BCUT2D eigenvalue weighted by molar-refractivity contribution is 0.656. The summed E-state index contributed by atoms with van der Waals surface area (Å²) in [6.07, 6.45) is 17.0. The fraction of sp³-hybridized carbons (Fsp3) is 0.102. The molecule has 2 N–H and O–H groups in total. The van der Waals surface area contributed by atoms with Crippen molar-refractivity contribution in [2.24, 2.45) is 0 Å². The number of anilines is 3. The van der Waals surface area contributed by atoms with Gasteiger partial charge in [0.05, 0.1) is 34.6 Å². The molecule has 0 amide bonds. The maximum absolute atomic E-state index is 3.60. The van der Waals surface area contributed by atoms with Crippen LogP contribution in [-0.2, 0) is 10.8 Å². The molecule has 250 valence electrons. The van der Waals surface area contributed by atoms with E-state index in [0.29, 0.717) is 0 Å². The third kappa shape index (κ3) is 4.32. The average Bonchev–Trinajstić information content (AvgIpc) is 3.23. The molecule has 0 saturated heterocycles. The van der Waals surface area contributed by atoms with Crippen LogP contribution in [0.1, 0.15) is 69.1 Å². The molecule has 6 aromatic carbocycles. The summed E-state index contributed by atoms with van der Waals surface area (Å²) in [7, 11) is 0. The first-order chi connectivity index (χ1) is 25.7. The smallest absolute Gasteiger partial charge is 0.0742 e. The van der Waals surface area contributed by atoms with E-state index in [1.54, 1.807) is 0 Å². The van der Waals surface area contributed by atoms with E-state index in [-0.39, 0.29) is 12.1 Å². The van der Waals surface area contributed by atoms with Crippen LogP contribution in [0.4, 0.5) is 17.1 Å². The van der Waals surface area contributed by atoms with E-state index in [4.69, 9.17) is 0 Å². The molecule has 0 aromatic heterocycles. The maximum atomic E-state index is 3.60. The summed E-state index contributed by atoms with van der Waals surface area (Å²) in [5, 5.41) is 7.19. The minimum atomic E-state index is -0.570. The molecule has 6 aromatic rings. The minimum Gasteiger partial charge on any atom is -0.381 e. The van der Waals surface area contributed by atoms with Gasteiger partial charge in [0.15, 0.2) is 0 Å². The Labute approximate surface area is 306 Å². The van der Waals surface area contributed by atoms with Crippen molar-refractivity contribution in [3.63, 3.8) is 0 Å². The molecule has 4 aliphatic heterocycles. The molecule has 3 atom stereocenters. The van der Waals surface area contributed by atoms with Gasteiger partial charge in [0.25, 0.3) is 0 Å². The minimum absolute atomic E-state index is 0.0725. The molecule has 0 aliphatic carbocycles. The number of benzene rings is 6. The topological polar surface area (TPSA) is 27.3 Å². The van der Waals surface area contributed by atoms with E-state index in [1.165, 1.54) is 67.1 Å². The average molecular weight is 670 g/mol. The second kappa shape index (κ2) is 11.9. The molecule has 0 spiro atoms. The normalized spacial score (nSPS) is 21.4. The Kier molecular flexibility index (Phi) is 6.97. The van der Waals surface area contributed by atoms with Crippen LogP contribution >= 0.6 is 0 Å². The second-order valence-corrected chi connectivity index (χ2v) is 14.3. The second-order valence-electron chi connectivity index (χ2n) is 14.3. The van der Waals surface area contributed by atoms with Crippen molar-refractivity contribution >= 4 is 17.1 Å². The number of rotatable bonds is 5. The molecule has 0 saturated carbocycles. The van der Waals surface area contributed by atoms with E-state index in [0.717, 1.165) is 0 Å². The van der Waals surface area contributed by atoms with Crippen molar-refractivity contribution in [3.05, 3.63) is 245 Å². The molecule has 4 aliphatic rings. The van der Waals surface area contributed by atoms with Crippen LogP contribution in [0.2, 0.25) is 0 Å². The zero-order valence-corrected chi connectivity index (χ0v) is 29.1. The van der Waals surface area contributed by atoms with Crippen LogP contribution in [0.3, 0.4) is 0 Å². The fourth-order valence-electron chi connectivity index (χ4n) is 9.30. The van der Waals surface area contributed by atoms with Crippen LogP contribution in [0.25, 0.3) is 0 Å². The summed E-state index contributed by atoms with van der Waals surface area (Å²) in [4.78, 5) is 2.60. The Morgan fingerprint density at radius 1 is 0.462 bits per heavy atom. The Bertz CT molecular complexity index is 2400. The highest BCUT2D eigenvalue weighted by atomic mass is 15.2. The van der Waals surface area contributed by atoms with E-state index in [2.05, 4.69) is 205 Å². The van der Waals surface area contributed by atoms with Crippen LogP contribution in [0, 0.1) is 0 Å². The van der Waals surface area contributed by atoms with Crippen molar-refractivity contribution in [3.8, 4) is 0 Å². The number of hydrogen-bond donors (Lipinski definition) is 2. The van der Waals surface area contributed by atoms with Gasteiger partial charge in [-0.05, 0) is 93.7 Å². The van der Waals surface area contributed by atoms with Gasteiger partial charge in [-0.15, -0.1) is 0 Å². The summed E-state index contributed by atoms with van der Waals surface area (Å²) in [6, 6.07) is 54.9. The molecule has 10 rings (SSSR count). The monoisotopic (exact) mass is 669 g/mol. The van der Waals surface area contributed by atoms with Gasteiger partial charge in [0, 0.05) is 5.41 Å². The van der Waals surface area contributed by atoms with Crippen molar-refractivity contribution < 1.29 is 0 Å². The third-order valence-corrected chi connectivity index (χ3v) is 11.7. The zero-order chi connectivity index (χ0) is 34.7. The number of para-hydroxylation sites is 1. The molecular formula is C49H39N3. The molecule has 4 heterocycles. The van der Waals surface area contributed by atoms with Crippen LogP contribution < -0.4 is 15.5 Å². The number of hydrogen-bond acceptors (Lipinski definition) is 3. The number of allylic oxidation sites excluding steroid dienone is 4. The summed E-state index contributed by atoms with van der Waals surface area (Å²) in [6.45, 7) is 2.43. The van der Waals surface area contributed by atoms with E-state index < -0.39 is 10.8 Å². The van der Waals surface area contributed by atoms with Crippen molar-refractivity contribution in [2.75, 3.05) is 4.90 Å². The Morgan fingerprint density at radius 3 is 1.50 bits per heavy atom. The molecule has 0 bridgehead atoms. The SMILES string of the molecule is CC1(c2ccccc2)c2ccc(C3C=CC=CN3)cc2N2c3cc(C4C=CC=CN4)ccc3C(c3ccccc3)(c3ccccc3)c3cccc1c32. The van der Waals surface area contributed by atoms with Crippen molar-refractivity contribution in [1.29, 1.82) is 0 Å². The Balaban J connectivity index is 1.36. The summed E-state index contributed by atoms with van der Waals surface area (Å²) >= 11 is 0. The van der Waals surface area contributed by atoms with E-state index in [9.17, 15) is 0 Å². The molecule has 3 unspecified atom stereocenters. The van der Waals surface area contributed by atoms with Crippen molar-refractivity contribution in [2.45, 2.75) is 29.8 Å². The first kappa shape index (κ1) is 30.5. The number of nitrogens with zero attached hydrogens (tertiary/aromatic N) is 1. The lowest BCUT2D eigenvalue weighted by atomic mass is 9.58. The van der Waals surface area contributed by atoms with Crippen LogP contribution in [0.5, 0.6) is 0 Å². The van der Waals surface area contributed by atoms with Crippen LogP contribution in [0.15, 0.2) is 194 Å². The number of fused-ring (bicyclic) bond motifs is 4. The predicted octanol–water partition coefficient (Wildman–Crippen LogP) is 10.9. The Morgan fingerprint density at radius 2 is 0.962 bits per heavy atom. The van der Waals surface area contributed by atoms with E-state index in [1.807, 2.05) is 12.4 Å². The molecule has 0 fully saturated rings. The highest BCUT2D eigenvalue weighted by Gasteiger charge is 2.52. The van der Waals surface area contributed by atoms with Gasteiger partial charge in [-0.1, -0.05) is 158 Å². The largest absolute Gasteiger partial charge is 0.381 e. The highest BCUT2D eigenvalue weighted by molar-refractivity contribution is 5.96. The lowest BCUT2D eigenvalue weighted by Crippen LogP contribution is -2.43. The molecular weight excluding hydrogens is 631 g/mol. The number of nitrogens with one attached hydrogen (secondary N) is 2. The summed E-state index contributed by atoms with van der Waals surface area (Å²) in [5.41, 5.74) is 14.1. The van der Waals surface area contributed by atoms with Gasteiger partial charge in [-0.3, -0.25) is 0 Å². The fourth-order valence-corrected chi connectivity index (χ4v) is 9.30. The van der Waals surface area contributed by atoms with Crippen molar-refractivity contribution in [1.82, 2.24) is 10.6 Å². The lowest BCUT2D eigenvalue weighted by Gasteiger charge is -2.52. The highest BCUT2D eigenvalue weighted by Crippen LogP contribution is 2.64. The Hall–Kier alpha value is -6.32. The zero-order valence-electron chi connectivity index (χ0n) is 29.1. The summed E-state index contributed by atoms with van der Waals surface area (Å²) < 4.78 is 0. The van der Waals surface area contributed by atoms with Gasteiger partial charge >= 0.3 is 0 Å². The summed E-state index contributed by atoms with van der Waals surface area (Å²) in [5.74, 6) is 0. The first-order valence-corrected chi connectivity index (χ1v) is 18.3. The first-order valence-electron chi connectivity index (χ1n) is 18.3. The molecule has 0 radical (unpaired) electrons. The van der Waals surface area contributed by atoms with E-state index >= 15 is 0 Å². The van der Waals surface area contributed by atoms with Crippen LogP contribution in [-0.4, -0.2) is 0 Å². The van der Waals surface area contributed by atoms with Gasteiger partial charge in [0.1, 0.15) is 0 Å². The van der Waals surface area contributed by atoms with Gasteiger partial charge < -0.3 is 15.5 Å².